The van der Waals surface area contributed by atoms with E-state index < -0.39 is 83.6 Å². The zero-order chi connectivity index (χ0) is 49.9. The summed E-state index contributed by atoms with van der Waals surface area (Å²) in [6.45, 7) is 0.481. The van der Waals surface area contributed by atoms with E-state index in [0.29, 0.717) is 55.2 Å². The molecule has 2 saturated carbocycles. The first-order valence-corrected chi connectivity index (χ1v) is 24.2. The third-order valence-electron chi connectivity index (χ3n) is 13.6. The van der Waals surface area contributed by atoms with Crippen LogP contribution in [-0.2, 0) is 46.4 Å². The van der Waals surface area contributed by atoms with Crippen LogP contribution in [0.3, 0.4) is 0 Å². The number of H-pyrrole nitrogens is 1. The van der Waals surface area contributed by atoms with Crippen LogP contribution in [0.5, 0.6) is 0 Å². The summed E-state index contributed by atoms with van der Waals surface area (Å²) in [7, 11) is 0. The fourth-order valence-corrected chi connectivity index (χ4v) is 9.68. The average Bonchev–Trinajstić information content (AvgIpc) is 3.74. The monoisotopic (exact) mass is 957 g/mol. The van der Waals surface area contributed by atoms with E-state index in [1.54, 1.807) is 36.5 Å². The van der Waals surface area contributed by atoms with Crippen molar-refractivity contribution in [1.29, 1.82) is 0 Å². The number of aromatic amines is 1. The Labute approximate surface area is 402 Å². The highest BCUT2D eigenvalue weighted by atomic mass is 16.4. The molecule has 0 saturated heterocycles. The lowest BCUT2D eigenvalue weighted by atomic mass is 9.68. The normalized spacial score (nSPS) is 19.4. The second-order valence-electron chi connectivity index (χ2n) is 18.6. The molecule has 2 aromatic carbocycles. The SMILES string of the molecule is NCCCC[C@H](NC(=O)[C@H](Cc1c[nH]c2ccccc12)NC(=O)[C@H](CCCN=C(N)N)NC(=O)[C@@H](Cc1ccccc1)NC(=O)C1(NC(=O)[C@@H](N)CC(=O)O)CCC(C2CCCCC2)CC1)C(N)=O. The fourth-order valence-electron chi connectivity index (χ4n) is 9.68. The molecule has 0 spiro atoms. The Bertz CT molecular complexity index is 2230. The van der Waals surface area contributed by atoms with Crippen LogP contribution in [-0.4, -0.2) is 106 Å². The summed E-state index contributed by atoms with van der Waals surface area (Å²) in [5.74, 6) is -4.97. The predicted molar refractivity (Wildman–Crippen MR) is 262 cm³/mol. The van der Waals surface area contributed by atoms with Crippen molar-refractivity contribution in [2.75, 3.05) is 13.1 Å². The molecule has 20 heteroatoms. The number of carbonyl (C=O) groups is 7. The van der Waals surface area contributed by atoms with Gasteiger partial charge in [-0.3, -0.25) is 38.6 Å². The molecule has 17 N–H and O–H groups in total. The molecule has 376 valence electrons. The quantitative estimate of drug-likeness (QED) is 0.0305. The number of nitrogens with two attached hydrogens (primary N) is 5. The van der Waals surface area contributed by atoms with Gasteiger partial charge in [0.1, 0.15) is 29.7 Å². The van der Waals surface area contributed by atoms with Gasteiger partial charge in [-0.1, -0.05) is 80.6 Å². The second-order valence-corrected chi connectivity index (χ2v) is 18.6. The number of nitrogens with zero attached hydrogens (tertiary/aromatic N) is 1. The van der Waals surface area contributed by atoms with E-state index in [2.05, 4.69) is 36.6 Å². The van der Waals surface area contributed by atoms with Crippen LogP contribution in [0.25, 0.3) is 10.9 Å². The van der Waals surface area contributed by atoms with Crippen LogP contribution >= 0.6 is 0 Å². The van der Waals surface area contributed by atoms with Gasteiger partial charge >= 0.3 is 5.97 Å². The number of hydrogen-bond acceptors (Lipinski definition) is 10. The maximum Gasteiger partial charge on any atom is 0.305 e. The Morgan fingerprint density at radius 1 is 0.696 bits per heavy atom. The number of nitrogens with one attached hydrogen (secondary N) is 6. The molecule has 69 heavy (non-hydrogen) atoms. The van der Waals surface area contributed by atoms with E-state index in [4.69, 9.17) is 28.7 Å². The summed E-state index contributed by atoms with van der Waals surface area (Å²) in [4.78, 5) is 103. The van der Waals surface area contributed by atoms with E-state index in [1.165, 1.54) is 6.42 Å². The highest BCUT2D eigenvalue weighted by molar-refractivity contribution is 5.98. The molecule has 20 nitrogen and oxygen atoms in total. The van der Waals surface area contributed by atoms with Gasteiger partial charge in [0.15, 0.2) is 5.96 Å². The van der Waals surface area contributed by atoms with Gasteiger partial charge in [0.05, 0.1) is 12.5 Å². The molecule has 2 aliphatic rings. The summed E-state index contributed by atoms with van der Waals surface area (Å²) in [6.07, 6.45) is 9.99. The number of hydrogen-bond donors (Lipinski definition) is 12. The number of para-hydroxylation sites is 1. The largest absolute Gasteiger partial charge is 0.481 e. The number of carboxylic acid groups (broad SMARTS) is 1. The number of unbranched alkanes of at least 4 members (excludes halogenated alkanes) is 1. The number of primary amides is 1. The highest BCUT2D eigenvalue weighted by Crippen LogP contribution is 2.41. The van der Waals surface area contributed by atoms with Crippen molar-refractivity contribution in [3.05, 3.63) is 71.9 Å². The van der Waals surface area contributed by atoms with Crippen molar-refractivity contribution >= 4 is 58.3 Å². The Morgan fingerprint density at radius 2 is 1.29 bits per heavy atom. The van der Waals surface area contributed by atoms with Crippen LogP contribution in [0.4, 0.5) is 0 Å². The summed E-state index contributed by atoms with van der Waals surface area (Å²) in [5.41, 5.74) is 29.2. The Morgan fingerprint density at radius 3 is 1.94 bits per heavy atom. The van der Waals surface area contributed by atoms with Crippen LogP contribution in [0.2, 0.25) is 0 Å². The second kappa shape index (κ2) is 26.3. The minimum Gasteiger partial charge on any atom is -0.481 e. The molecular weight excluding hydrogens is 885 g/mol. The minimum atomic E-state index is -1.51. The van der Waals surface area contributed by atoms with Gasteiger partial charge in [-0.15, -0.1) is 0 Å². The summed E-state index contributed by atoms with van der Waals surface area (Å²) < 4.78 is 0. The van der Waals surface area contributed by atoms with Crippen LogP contribution in [0.1, 0.15) is 107 Å². The first-order valence-electron chi connectivity index (χ1n) is 24.2. The topological polar surface area (TPSA) is 358 Å². The molecule has 1 aromatic heterocycles. The third-order valence-corrected chi connectivity index (χ3v) is 13.6. The molecule has 5 atom stereocenters. The van der Waals surface area contributed by atoms with Crippen molar-refractivity contribution in [2.24, 2.45) is 45.5 Å². The predicted octanol–water partition coefficient (Wildman–Crippen LogP) is 0.988. The minimum absolute atomic E-state index is 0.00516. The fraction of sp³-hybridized carbons (Fsp3) is 0.551. The zero-order valence-electron chi connectivity index (χ0n) is 39.4. The van der Waals surface area contributed by atoms with Crippen molar-refractivity contribution in [2.45, 2.75) is 145 Å². The standard InChI is InChI=1S/C49H72N12O8/c50-24-10-9-18-37(42(52)64)57-46(68)40(27-33-29-56-36-17-8-7-16-34(33)36)59-44(66)38(19-11-25-55-48(53)54)58-45(67)39(26-30-12-3-1-4-13-30)60-47(69)49(61-43(65)35(51)28-41(62)63)22-20-32(21-23-49)31-14-5-2-6-15-31/h1,3-4,7-8,12-13,16-17,29,31-32,35,37-40,56H,2,5-6,9-11,14-15,18-28,50-51H2,(H2,52,64)(H,57,68)(H,58,67)(H,59,66)(H,60,69)(H,61,65)(H,62,63)(H4,53,54,55)/t32?,35-,37-,38-,39+,40-,49?/m0/s1. The molecule has 0 aliphatic heterocycles. The van der Waals surface area contributed by atoms with E-state index in [1.807, 2.05) is 24.3 Å². The van der Waals surface area contributed by atoms with Gasteiger partial charge in [-0.25, -0.2) is 0 Å². The number of benzene rings is 2. The number of fused-ring (bicyclic) bond motifs is 1. The van der Waals surface area contributed by atoms with Crippen molar-refractivity contribution in [3.63, 3.8) is 0 Å². The maximum atomic E-state index is 14.8. The number of rotatable bonds is 26. The number of guanidine groups is 1. The summed E-state index contributed by atoms with van der Waals surface area (Å²) in [6, 6.07) is 10.0. The van der Waals surface area contributed by atoms with Gasteiger partial charge < -0.3 is 65.3 Å². The van der Waals surface area contributed by atoms with Gasteiger partial charge in [0.25, 0.3) is 0 Å². The Balaban J connectivity index is 1.44. The number of amides is 6. The van der Waals surface area contributed by atoms with Gasteiger partial charge in [-0.05, 0) is 93.4 Å². The molecule has 0 unspecified atom stereocenters. The molecule has 2 fully saturated rings. The van der Waals surface area contributed by atoms with Crippen LogP contribution < -0.4 is 55.3 Å². The van der Waals surface area contributed by atoms with Gasteiger partial charge in [-0.2, -0.15) is 0 Å². The van der Waals surface area contributed by atoms with Gasteiger partial charge in [0, 0.05) is 36.5 Å². The van der Waals surface area contributed by atoms with Crippen molar-refractivity contribution in [3.8, 4) is 0 Å². The number of carboxylic acids is 1. The molecule has 1 heterocycles. The van der Waals surface area contributed by atoms with Crippen molar-refractivity contribution in [1.82, 2.24) is 31.6 Å². The number of carbonyl (C=O) groups excluding carboxylic acids is 6. The Hall–Kier alpha value is -6.54. The molecule has 0 bridgehead atoms. The van der Waals surface area contributed by atoms with E-state index >= 15 is 0 Å². The first kappa shape index (κ1) is 53.4. The lowest BCUT2D eigenvalue weighted by Gasteiger charge is -2.43. The van der Waals surface area contributed by atoms with Crippen molar-refractivity contribution < 1.29 is 38.7 Å². The number of aromatic nitrogens is 1. The molecule has 2 aliphatic carbocycles. The van der Waals surface area contributed by atoms with E-state index in [-0.39, 0.29) is 57.5 Å². The third kappa shape index (κ3) is 16.0. The molecule has 5 rings (SSSR count). The molecule has 6 amide bonds. The number of aliphatic imine (C=N–C) groups is 1. The number of aliphatic carboxylic acids is 1. The molecular formula is C49H72N12O8. The summed E-state index contributed by atoms with van der Waals surface area (Å²) >= 11 is 0. The van der Waals surface area contributed by atoms with Crippen LogP contribution in [0, 0.1) is 11.8 Å². The lowest BCUT2D eigenvalue weighted by molar-refractivity contribution is -0.141. The summed E-state index contributed by atoms with van der Waals surface area (Å²) in [5, 5.41) is 24.3. The zero-order valence-corrected chi connectivity index (χ0v) is 39.4. The smallest absolute Gasteiger partial charge is 0.305 e. The van der Waals surface area contributed by atoms with Crippen LogP contribution in [0.15, 0.2) is 65.8 Å². The Kier molecular flexibility index (Phi) is 20.3. The first-order chi connectivity index (χ1) is 33.1. The van der Waals surface area contributed by atoms with E-state index in [0.717, 1.165) is 36.6 Å². The molecule has 3 aromatic rings. The van der Waals surface area contributed by atoms with E-state index in [9.17, 15) is 38.7 Å². The van der Waals surface area contributed by atoms with Gasteiger partial charge in [0.2, 0.25) is 35.4 Å². The molecule has 0 radical (unpaired) electrons. The lowest BCUT2D eigenvalue weighted by Crippen LogP contribution is -2.65. The highest BCUT2D eigenvalue weighted by Gasteiger charge is 2.46. The average molecular weight is 957 g/mol. The maximum absolute atomic E-state index is 14.8.